The van der Waals surface area contributed by atoms with Crippen LogP contribution in [-0.4, -0.2) is 52.8 Å². The molecule has 2 aromatic rings. The van der Waals surface area contributed by atoms with Crippen molar-refractivity contribution in [1.29, 1.82) is 0 Å². The van der Waals surface area contributed by atoms with Crippen LogP contribution >= 0.6 is 0 Å². The van der Waals surface area contributed by atoms with Crippen LogP contribution in [0.4, 0.5) is 4.39 Å². The summed E-state index contributed by atoms with van der Waals surface area (Å²) in [4.78, 5) is 27.3. The Balaban J connectivity index is 1.93. The zero-order valence-electron chi connectivity index (χ0n) is 14.1. The van der Waals surface area contributed by atoms with E-state index in [0.717, 1.165) is 0 Å². The fourth-order valence-corrected chi connectivity index (χ4v) is 3.07. The number of pyridine rings is 1. The molecule has 0 saturated carbocycles. The van der Waals surface area contributed by atoms with Gasteiger partial charge in [-0.05, 0) is 49.9 Å². The van der Waals surface area contributed by atoms with Gasteiger partial charge in [-0.3, -0.25) is 14.2 Å². The number of likely N-dealkylation sites (tertiary alicyclic amines) is 1. The lowest BCUT2D eigenvalue weighted by Crippen LogP contribution is -2.45. The molecule has 0 bridgehead atoms. The molecule has 2 N–H and O–H groups in total. The molecule has 1 fully saturated rings. The Morgan fingerprint density at radius 2 is 1.92 bits per heavy atom. The fraction of sp³-hybridized carbons (Fsp3) is 0.333. The fourth-order valence-electron chi connectivity index (χ4n) is 3.07. The summed E-state index contributed by atoms with van der Waals surface area (Å²) in [6.07, 6.45) is 0.886. The summed E-state index contributed by atoms with van der Waals surface area (Å²) < 4.78 is 14.4. The number of nitrogens with one attached hydrogen (secondary N) is 1. The van der Waals surface area contributed by atoms with Crippen molar-refractivity contribution in [3.63, 3.8) is 0 Å². The number of hydrogen-bond acceptors (Lipinski definition) is 4. The van der Waals surface area contributed by atoms with Crippen molar-refractivity contribution in [2.75, 3.05) is 20.1 Å². The van der Waals surface area contributed by atoms with Gasteiger partial charge in [-0.1, -0.05) is 0 Å². The van der Waals surface area contributed by atoms with E-state index in [1.54, 1.807) is 19.2 Å². The summed E-state index contributed by atoms with van der Waals surface area (Å²) in [6, 6.07) is 6.71. The van der Waals surface area contributed by atoms with Crippen LogP contribution in [0.1, 0.15) is 15.9 Å². The number of amides is 1. The molecule has 1 saturated heterocycles. The van der Waals surface area contributed by atoms with Gasteiger partial charge in [0.25, 0.3) is 11.5 Å². The van der Waals surface area contributed by atoms with Gasteiger partial charge < -0.3 is 15.3 Å². The number of benzene rings is 1. The number of likely N-dealkylation sites (N-methyl/N-ethyl adjacent to an activating group) is 1. The highest BCUT2D eigenvalue weighted by atomic mass is 19.1. The van der Waals surface area contributed by atoms with E-state index in [4.69, 9.17) is 0 Å². The highest BCUT2D eigenvalue weighted by Crippen LogP contribution is 2.12. The molecular weight excluding hydrogens is 325 g/mol. The van der Waals surface area contributed by atoms with Crippen molar-refractivity contribution in [2.45, 2.75) is 19.1 Å². The predicted octanol–water partition coefficient (Wildman–Crippen LogP) is 0.690. The van der Waals surface area contributed by atoms with Gasteiger partial charge in [0.1, 0.15) is 11.4 Å². The number of aliphatic hydroxyl groups excluding tert-OH is 1. The summed E-state index contributed by atoms with van der Waals surface area (Å²) >= 11 is 0. The van der Waals surface area contributed by atoms with Crippen molar-refractivity contribution >= 4 is 5.91 Å². The molecule has 2 atom stereocenters. The number of hydrogen-bond donors (Lipinski definition) is 2. The van der Waals surface area contributed by atoms with Gasteiger partial charge >= 0.3 is 0 Å². The van der Waals surface area contributed by atoms with Gasteiger partial charge in [-0.2, -0.15) is 0 Å². The third kappa shape index (κ3) is 3.47. The first kappa shape index (κ1) is 17.3. The SMILES string of the molecule is Cc1ccn(-c2ccc(F)cc2)c(=O)c1C(=O)N[C@@H]1CN(C)C[C@H]1O. The zero-order chi connectivity index (χ0) is 18.1. The van der Waals surface area contributed by atoms with Gasteiger partial charge in [0, 0.05) is 25.0 Å². The van der Waals surface area contributed by atoms with Crippen LogP contribution in [0.15, 0.2) is 41.3 Å². The van der Waals surface area contributed by atoms with Crippen LogP contribution in [0.2, 0.25) is 0 Å². The normalized spacial score (nSPS) is 20.6. The largest absolute Gasteiger partial charge is 0.390 e. The van der Waals surface area contributed by atoms with E-state index in [1.807, 2.05) is 11.9 Å². The Hall–Kier alpha value is -2.51. The number of carbonyl (C=O) groups is 1. The molecule has 0 aliphatic carbocycles. The van der Waals surface area contributed by atoms with Crippen LogP contribution < -0.4 is 10.9 Å². The van der Waals surface area contributed by atoms with E-state index >= 15 is 0 Å². The summed E-state index contributed by atoms with van der Waals surface area (Å²) in [5, 5.41) is 12.7. The topological polar surface area (TPSA) is 74.6 Å². The molecule has 1 aromatic heterocycles. The number of halogens is 1. The van der Waals surface area contributed by atoms with Crippen molar-refractivity contribution in [2.24, 2.45) is 0 Å². The maximum Gasteiger partial charge on any atom is 0.268 e. The van der Waals surface area contributed by atoms with E-state index in [0.29, 0.717) is 24.3 Å². The Morgan fingerprint density at radius 3 is 2.52 bits per heavy atom. The van der Waals surface area contributed by atoms with Crippen LogP contribution in [0.25, 0.3) is 5.69 Å². The lowest BCUT2D eigenvalue weighted by Gasteiger charge is -2.17. The molecule has 2 heterocycles. The Morgan fingerprint density at radius 1 is 1.24 bits per heavy atom. The smallest absolute Gasteiger partial charge is 0.268 e. The molecular formula is C18H20FN3O3. The average Bonchev–Trinajstić information content (AvgIpc) is 2.86. The third-order valence-electron chi connectivity index (χ3n) is 4.42. The molecule has 1 aliphatic rings. The van der Waals surface area contributed by atoms with Crippen molar-refractivity contribution in [3.05, 3.63) is 63.8 Å². The molecule has 0 spiro atoms. The van der Waals surface area contributed by atoms with Gasteiger partial charge in [0.15, 0.2) is 0 Å². The molecule has 1 aromatic carbocycles. The first-order valence-corrected chi connectivity index (χ1v) is 8.02. The minimum atomic E-state index is -0.669. The van der Waals surface area contributed by atoms with E-state index in [9.17, 15) is 19.1 Å². The number of aromatic nitrogens is 1. The predicted molar refractivity (Wildman–Crippen MR) is 91.5 cm³/mol. The van der Waals surface area contributed by atoms with E-state index in [2.05, 4.69) is 5.32 Å². The molecule has 132 valence electrons. The Labute approximate surface area is 144 Å². The highest BCUT2D eigenvalue weighted by Gasteiger charge is 2.31. The molecule has 0 unspecified atom stereocenters. The number of β-amino-alcohol motifs (C(OH)–C–C–N with tert-alkyl or cyclic N) is 1. The minimum absolute atomic E-state index is 0.0218. The van der Waals surface area contributed by atoms with Crippen molar-refractivity contribution in [1.82, 2.24) is 14.8 Å². The van der Waals surface area contributed by atoms with Gasteiger partial charge in [0.2, 0.25) is 0 Å². The first-order valence-electron chi connectivity index (χ1n) is 8.02. The van der Waals surface area contributed by atoms with E-state index < -0.39 is 29.4 Å². The first-order chi connectivity index (χ1) is 11.9. The number of aliphatic hydroxyl groups is 1. The average molecular weight is 345 g/mol. The molecule has 3 rings (SSSR count). The second-order valence-electron chi connectivity index (χ2n) is 6.39. The zero-order valence-corrected chi connectivity index (χ0v) is 14.1. The Bertz CT molecular complexity index is 848. The quantitative estimate of drug-likeness (QED) is 0.858. The third-order valence-corrected chi connectivity index (χ3v) is 4.42. The maximum atomic E-state index is 13.1. The van der Waals surface area contributed by atoms with E-state index in [1.165, 1.54) is 28.8 Å². The van der Waals surface area contributed by atoms with Crippen LogP contribution in [0.3, 0.4) is 0 Å². The standard InChI is InChI=1S/C18H20FN3O3/c1-11-7-8-22(13-5-3-12(19)4-6-13)18(25)16(11)17(24)20-14-9-21(2)10-15(14)23/h3-8,14-15,23H,9-10H2,1-2H3,(H,20,24)/t14-,15-/m1/s1. The maximum absolute atomic E-state index is 13.1. The second kappa shape index (κ2) is 6.78. The lowest BCUT2D eigenvalue weighted by molar-refractivity contribution is 0.0886. The number of aryl methyl sites for hydroxylation is 1. The molecule has 1 amide bonds. The number of rotatable bonds is 3. The minimum Gasteiger partial charge on any atom is -0.390 e. The molecule has 1 aliphatic heterocycles. The Kier molecular flexibility index (Phi) is 4.69. The summed E-state index contributed by atoms with van der Waals surface area (Å²) in [5.41, 5.74) is 0.557. The van der Waals surface area contributed by atoms with Gasteiger partial charge in [-0.25, -0.2) is 4.39 Å². The van der Waals surface area contributed by atoms with E-state index in [-0.39, 0.29) is 5.56 Å². The number of carbonyl (C=O) groups excluding carboxylic acids is 1. The van der Waals surface area contributed by atoms with Crippen LogP contribution in [0.5, 0.6) is 0 Å². The molecule has 7 heteroatoms. The monoisotopic (exact) mass is 345 g/mol. The summed E-state index contributed by atoms with van der Waals surface area (Å²) in [5.74, 6) is -0.917. The van der Waals surface area contributed by atoms with Gasteiger partial charge in [0.05, 0.1) is 12.1 Å². The van der Waals surface area contributed by atoms with Gasteiger partial charge in [-0.15, -0.1) is 0 Å². The van der Waals surface area contributed by atoms with Crippen molar-refractivity contribution < 1.29 is 14.3 Å². The molecule has 6 nitrogen and oxygen atoms in total. The van der Waals surface area contributed by atoms with Crippen molar-refractivity contribution in [3.8, 4) is 5.69 Å². The summed E-state index contributed by atoms with van der Waals surface area (Å²) in [7, 11) is 1.85. The number of nitrogens with zero attached hydrogens (tertiary/aromatic N) is 2. The molecule has 25 heavy (non-hydrogen) atoms. The lowest BCUT2D eigenvalue weighted by atomic mass is 10.1. The summed E-state index contributed by atoms with van der Waals surface area (Å²) in [6.45, 7) is 2.67. The second-order valence-corrected chi connectivity index (χ2v) is 6.39. The highest BCUT2D eigenvalue weighted by molar-refractivity contribution is 5.95. The molecule has 0 radical (unpaired) electrons. The van der Waals surface area contributed by atoms with Crippen LogP contribution in [-0.2, 0) is 0 Å². The van der Waals surface area contributed by atoms with Crippen LogP contribution in [0, 0.1) is 12.7 Å².